The third kappa shape index (κ3) is 3.20. The fourth-order valence-corrected chi connectivity index (χ4v) is 4.18. The van der Waals surface area contributed by atoms with E-state index in [0.29, 0.717) is 11.8 Å². The number of aromatic nitrogens is 2. The molecule has 0 saturated heterocycles. The van der Waals surface area contributed by atoms with Gasteiger partial charge in [-0.3, -0.25) is 4.98 Å². The van der Waals surface area contributed by atoms with E-state index < -0.39 is 0 Å². The van der Waals surface area contributed by atoms with Crippen LogP contribution in [0.15, 0.2) is 42.6 Å². The molecule has 25 heavy (non-hydrogen) atoms. The summed E-state index contributed by atoms with van der Waals surface area (Å²) in [4.78, 5) is 9.37. The molecule has 0 radical (unpaired) electrons. The molecule has 3 aromatic rings. The van der Waals surface area contributed by atoms with Crippen LogP contribution in [-0.2, 0) is 0 Å². The Bertz CT molecular complexity index is 889. The maximum absolute atomic E-state index is 6.42. The average molecular weight is 334 g/mol. The van der Waals surface area contributed by atoms with Crippen LogP contribution in [0.3, 0.4) is 0 Å². The van der Waals surface area contributed by atoms with Crippen LogP contribution in [-0.4, -0.2) is 16.1 Å². The molecular formula is C22H26N2O. The van der Waals surface area contributed by atoms with Crippen molar-refractivity contribution in [3.63, 3.8) is 0 Å². The van der Waals surface area contributed by atoms with Gasteiger partial charge in [0.1, 0.15) is 11.6 Å². The molecule has 1 aromatic carbocycles. The van der Waals surface area contributed by atoms with E-state index in [1.54, 1.807) is 0 Å². The molecule has 3 nitrogen and oxygen atoms in total. The third-order valence-electron chi connectivity index (χ3n) is 5.64. The number of hydrogen-bond donors (Lipinski definition) is 0. The van der Waals surface area contributed by atoms with Crippen molar-refractivity contribution in [2.75, 3.05) is 0 Å². The number of ether oxygens (including phenoxy) is 1. The summed E-state index contributed by atoms with van der Waals surface area (Å²) in [5, 5.41) is 2.22. The van der Waals surface area contributed by atoms with Gasteiger partial charge in [0.25, 0.3) is 0 Å². The van der Waals surface area contributed by atoms with Crippen LogP contribution in [0, 0.1) is 17.8 Å². The molecule has 2 aromatic heterocycles. The molecule has 0 spiro atoms. The van der Waals surface area contributed by atoms with Crippen molar-refractivity contribution < 1.29 is 4.74 Å². The highest BCUT2D eigenvalue weighted by molar-refractivity contribution is 6.02. The number of fused-ring (bicyclic) bond motifs is 3. The van der Waals surface area contributed by atoms with E-state index in [1.807, 2.05) is 18.3 Å². The molecule has 130 valence electrons. The molecule has 1 fully saturated rings. The van der Waals surface area contributed by atoms with Crippen molar-refractivity contribution in [1.29, 1.82) is 0 Å². The van der Waals surface area contributed by atoms with Gasteiger partial charge in [0.05, 0.1) is 5.52 Å². The Morgan fingerprint density at radius 1 is 1.00 bits per heavy atom. The molecule has 2 heterocycles. The number of nitrogens with zero attached hydrogens (tertiary/aromatic N) is 2. The lowest BCUT2D eigenvalue weighted by molar-refractivity contribution is 0.0429. The molecule has 4 rings (SSSR count). The molecule has 1 aliphatic rings. The molecule has 0 amide bonds. The second-order valence-corrected chi connectivity index (χ2v) is 7.84. The van der Waals surface area contributed by atoms with Crippen molar-refractivity contribution in [1.82, 2.24) is 9.97 Å². The van der Waals surface area contributed by atoms with Gasteiger partial charge in [-0.2, -0.15) is 0 Å². The summed E-state index contributed by atoms with van der Waals surface area (Å²) < 4.78 is 6.42. The van der Waals surface area contributed by atoms with Crippen LogP contribution in [0.4, 0.5) is 0 Å². The maximum Gasteiger partial charge on any atom is 0.214 e. The highest BCUT2D eigenvalue weighted by atomic mass is 16.5. The van der Waals surface area contributed by atoms with Crippen LogP contribution >= 0.6 is 0 Å². The second kappa shape index (κ2) is 6.62. The lowest BCUT2D eigenvalue weighted by Crippen LogP contribution is -2.36. The molecule has 1 saturated carbocycles. The third-order valence-corrected chi connectivity index (χ3v) is 5.64. The zero-order valence-corrected chi connectivity index (χ0v) is 15.3. The van der Waals surface area contributed by atoms with Gasteiger partial charge in [-0.15, -0.1) is 0 Å². The molecule has 3 atom stereocenters. The molecule has 1 aliphatic carbocycles. The molecular weight excluding hydrogens is 308 g/mol. The van der Waals surface area contributed by atoms with Crippen LogP contribution in [0.5, 0.6) is 5.88 Å². The van der Waals surface area contributed by atoms with Crippen molar-refractivity contribution in [3.05, 3.63) is 42.6 Å². The maximum atomic E-state index is 6.42. The van der Waals surface area contributed by atoms with Crippen molar-refractivity contribution >= 4 is 21.8 Å². The van der Waals surface area contributed by atoms with Crippen LogP contribution < -0.4 is 4.74 Å². The van der Waals surface area contributed by atoms with E-state index in [-0.39, 0.29) is 6.10 Å². The monoisotopic (exact) mass is 334 g/mol. The van der Waals surface area contributed by atoms with Gasteiger partial charge < -0.3 is 4.74 Å². The van der Waals surface area contributed by atoms with Gasteiger partial charge in [0.15, 0.2) is 0 Å². The Balaban J connectivity index is 1.70. The zero-order valence-electron chi connectivity index (χ0n) is 15.3. The van der Waals surface area contributed by atoms with E-state index in [1.165, 1.54) is 12.8 Å². The largest absolute Gasteiger partial charge is 0.474 e. The van der Waals surface area contributed by atoms with Crippen molar-refractivity contribution in [2.24, 2.45) is 17.8 Å². The predicted octanol–water partition coefficient (Wildman–Crippen LogP) is 5.62. The average Bonchev–Trinajstić information content (AvgIpc) is 2.61. The summed E-state index contributed by atoms with van der Waals surface area (Å²) in [7, 11) is 0. The number of benzene rings is 1. The van der Waals surface area contributed by atoms with E-state index in [9.17, 15) is 0 Å². The standard InChI is InChI=1S/C22H26N2O/c1-14(2)18-10-6-15(3)13-19(18)25-20-11-9-17-8-7-16-5-4-12-23-21(16)22(17)24-20/h4-5,7-9,11-12,14-15,18-19H,6,10,13H2,1-3H3. The summed E-state index contributed by atoms with van der Waals surface area (Å²) in [5.74, 6) is 2.71. The minimum Gasteiger partial charge on any atom is -0.474 e. The quantitative estimate of drug-likeness (QED) is 0.583. The smallest absolute Gasteiger partial charge is 0.214 e. The Hall–Kier alpha value is -2.16. The van der Waals surface area contributed by atoms with Gasteiger partial charge in [-0.05, 0) is 42.7 Å². The fraction of sp³-hybridized carbons (Fsp3) is 0.455. The summed E-state index contributed by atoms with van der Waals surface area (Å²) in [6.45, 7) is 6.95. The first-order valence-corrected chi connectivity index (χ1v) is 9.43. The van der Waals surface area contributed by atoms with E-state index >= 15 is 0 Å². The van der Waals surface area contributed by atoms with Crippen molar-refractivity contribution in [3.8, 4) is 5.88 Å². The Morgan fingerprint density at radius 2 is 1.76 bits per heavy atom. The predicted molar refractivity (Wildman–Crippen MR) is 103 cm³/mol. The lowest BCUT2D eigenvalue weighted by atomic mass is 9.75. The molecule has 0 bridgehead atoms. The van der Waals surface area contributed by atoms with Gasteiger partial charge in [-0.25, -0.2) is 4.98 Å². The van der Waals surface area contributed by atoms with Crippen LogP contribution in [0.2, 0.25) is 0 Å². The van der Waals surface area contributed by atoms with Gasteiger partial charge in [-0.1, -0.05) is 45.4 Å². The lowest BCUT2D eigenvalue weighted by Gasteiger charge is -2.37. The van der Waals surface area contributed by atoms with Crippen LogP contribution in [0.1, 0.15) is 40.0 Å². The number of pyridine rings is 2. The van der Waals surface area contributed by atoms with Crippen LogP contribution in [0.25, 0.3) is 21.8 Å². The Morgan fingerprint density at radius 3 is 2.56 bits per heavy atom. The van der Waals surface area contributed by atoms with E-state index in [2.05, 4.69) is 50.0 Å². The number of rotatable bonds is 3. The summed E-state index contributed by atoms with van der Waals surface area (Å²) in [6, 6.07) is 12.4. The Kier molecular flexibility index (Phi) is 4.32. The fourth-order valence-electron chi connectivity index (χ4n) is 4.18. The minimum absolute atomic E-state index is 0.261. The van der Waals surface area contributed by atoms with Gasteiger partial charge >= 0.3 is 0 Å². The molecule has 0 N–H and O–H groups in total. The van der Waals surface area contributed by atoms with E-state index in [0.717, 1.165) is 40.0 Å². The molecule has 3 unspecified atom stereocenters. The van der Waals surface area contributed by atoms with Gasteiger partial charge in [0, 0.05) is 23.0 Å². The Labute approximate surface area is 149 Å². The number of hydrogen-bond acceptors (Lipinski definition) is 3. The second-order valence-electron chi connectivity index (χ2n) is 7.84. The summed E-state index contributed by atoms with van der Waals surface area (Å²) in [6.07, 6.45) is 5.77. The highest BCUT2D eigenvalue weighted by Gasteiger charge is 2.32. The summed E-state index contributed by atoms with van der Waals surface area (Å²) in [5.41, 5.74) is 1.88. The van der Waals surface area contributed by atoms with Crippen molar-refractivity contribution in [2.45, 2.75) is 46.1 Å². The SMILES string of the molecule is CC1CCC(C(C)C)C(Oc2ccc3ccc4cccnc4c3n2)C1. The normalized spacial score (nSPS) is 24.1. The highest BCUT2D eigenvalue weighted by Crippen LogP contribution is 2.36. The minimum atomic E-state index is 0.261. The zero-order chi connectivity index (χ0) is 17.4. The molecule has 3 heteroatoms. The van der Waals surface area contributed by atoms with E-state index in [4.69, 9.17) is 9.72 Å². The first-order valence-electron chi connectivity index (χ1n) is 9.43. The van der Waals surface area contributed by atoms with Gasteiger partial charge in [0.2, 0.25) is 5.88 Å². The molecule has 0 aliphatic heterocycles. The topological polar surface area (TPSA) is 35.0 Å². The first kappa shape index (κ1) is 16.3. The summed E-state index contributed by atoms with van der Waals surface area (Å²) >= 11 is 0. The first-order chi connectivity index (χ1) is 12.1.